The number of carbonyl (C=O) groups excluding carboxylic acids is 1. The number of methoxy groups -OCH3 is 1. The SMILES string of the molecule is COc1cc(/C=C/C(=O)Nc2c(C)cc(C)cc2C)ccc1OCCC(C)C. The number of aryl methyl sites for hydroxylation is 3. The number of amides is 1. The Labute approximate surface area is 168 Å². The molecule has 0 aliphatic heterocycles. The predicted octanol–water partition coefficient (Wildman–Crippen LogP) is 5.70. The van der Waals surface area contributed by atoms with E-state index in [0.29, 0.717) is 18.3 Å². The van der Waals surface area contributed by atoms with E-state index < -0.39 is 0 Å². The molecule has 0 radical (unpaired) electrons. The van der Waals surface area contributed by atoms with Gasteiger partial charge in [0.2, 0.25) is 5.91 Å². The van der Waals surface area contributed by atoms with Gasteiger partial charge in [0.05, 0.1) is 13.7 Å². The molecule has 1 N–H and O–H groups in total. The molecule has 0 atom stereocenters. The van der Waals surface area contributed by atoms with E-state index in [0.717, 1.165) is 34.5 Å². The van der Waals surface area contributed by atoms with Gasteiger partial charge in [0.15, 0.2) is 11.5 Å². The molecule has 0 aliphatic rings. The zero-order chi connectivity index (χ0) is 20.7. The van der Waals surface area contributed by atoms with Gasteiger partial charge < -0.3 is 14.8 Å². The fourth-order valence-electron chi connectivity index (χ4n) is 3.03. The van der Waals surface area contributed by atoms with Gasteiger partial charge in [-0.1, -0.05) is 37.6 Å². The van der Waals surface area contributed by atoms with Gasteiger partial charge in [-0.05, 0) is 68.0 Å². The molecule has 2 aromatic rings. The van der Waals surface area contributed by atoms with Gasteiger partial charge in [0.1, 0.15) is 0 Å². The number of benzene rings is 2. The lowest BCUT2D eigenvalue weighted by Crippen LogP contribution is -2.10. The minimum atomic E-state index is -0.161. The van der Waals surface area contributed by atoms with E-state index in [9.17, 15) is 4.79 Å². The Morgan fingerprint density at radius 1 is 1.07 bits per heavy atom. The van der Waals surface area contributed by atoms with Gasteiger partial charge >= 0.3 is 0 Å². The number of hydrogen-bond acceptors (Lipinski definition) is 3. The summed E-state index contributed by atoms with van der Waals surface area (Å²) >= 11 is 0. The quantitative estimate of drug-likeness (QED) is 0.597. The highest BCUT2D eigenvalue weighted by atomic mass is 16.5. The average Bonchev–Trinajstić information content (AvgIpc) is 2.63. The van der Waals surface area contributed by atoms with E-state index in [1.807, 2.05) is 32.0 Å². The van der Waals surface area contributed by atoms with Crippen LogP contribution in [0, 0.1) is 26.7 Å². The molecule has 0 heterocycles. The number of anilines is 1. The van der Waals surface area contributed by atoms with Crippen LogP contribution in [0.1, 0.15) is 42.5 Å². The zero-order valence-corrected chi connectivity index (χ0v) is 17.8. The summed E-state index contributed by atoms with van der Waals surface area (Å²) in [7, 11) is 1.62. The van der Waals surface area contributed by atoms with Crippen LogP contribution < -0.4 is 14.8 Å². The van der Waals surface area contributed by atoms with E-state index in [2.05, 4.69) is 38.2 Å². The third-order valence-electron chi connectivity index (χ3n) is 4.49. The van der Waals surface area contributed by atoms with Crippen LogP contribution >= 0.6 is 0 Å². The van der Waals surface area contributed by atoms with Crippen molar-refractivity contribution in [2.45, 2.75) is 41.0 Å². The fraction of sp³-hybridized carbons (Fsp3) is 0.375. The van der Waals surface area contributed by atoms with E-state index >= 15 is 0 Å². The van der Waals surface area contributed by atoms with Crippen molar-refractivity contribution >= 4 is 17.7 Å². The summed E-state index contributed by atoms with van der Waals surface area (Å²) in [4.78, 5) is 12.3. The second-order valence-electron chi connectivity index (χ2n) is 7.54. The van der Waals surface area contributed by atoms with Crippen molar-refractivity contribution in [2.24, 2.45) is 5.92 Å². The van der Waals surface area contributed by atoms with E-state index in [4.69, 9.17) is 9.47 Å². The van der Waals surface area contributed by atoms with Crippen LogP contribution in [0.4, 0.5) is 5.69 Å². The Morgan fingerprint density at radius 3 is 2.36 bits per heavy atom. The first kappa shape index (κ1) is 21.5. The summed E-state index contributed by atoms with van der Waals surface area (Å²) in [6, 6.07) is 9.80. The molecule has 0 bridgehead atoms. The Bertz CT molecular complexity index is 830. The van der Waals surface area contributed by atoms with Gasteiger partial charge in [-0.2, -0.15) is 0 Å². The van der Waals surface area contributed by atoms with Crippen molar-refractivity contribution < 1.29 is 14.3 Å². The topological polar surface area (TPSA) is 47.6 Å². The summed E-state index contributed by atoms with van der Waals surface area (Å²) in [5.74, 6) is 1.81. The molecule has 0 fully saturated rings. The molecule has 4 nitrogen and oxygen atoms in total. The van der Waals surface area contributed by atoms with E-state index in [-0.39, 0.29) is 5.91 Å². The third-order valence-corrected chi connectivity index (χ3v) is 4.49. The molecular weight excluding hydrogens is 350 g/mol. The van der Waals surface area contributed by atoms with Crippen molar-refractivity contribution in [3.63, 3.8) is 0 Å². The molecule has 0 saturated heterocycles. The molecule has 0 unspecified atom stereocenters. The highest BCUT2D eigenvalue weighted by Crippen LogP contribution is 2.29. The molecule has 2 aromatic carbocycles. The highest BCUT2D eigenvalue weighted by Gasteiger charge is 2.08. The van der Waals surface area contributed by atoms with Crippen molar-refractivity contribution in [3.8, 4) is 11.5 Å². The monoisotopic (exact) mass is 381 g/mol. The Hall–Kier alpha value is -2.75. The minimum absolute atomic E-state index is 0.161. The number of rotatable bonds is 8. The molecule has 0 saturated carbocycles. The molecule has 0 aliphatic carbocycles. The standard InChI is InChI=1S/C24H31NO3/c1-16(2)11-12-28-21-9-7-20(15-22(21)27-6)8-10-23(26)25-24-18(4)13-17(3)14-19(24)5/h7-10,13-16H,11-12H2,1-6H3,(H,25,26)/b10-8+. The van der Waals surface area contributed by atoms with Crippen molar-refractivity contribution in [1.29, 1.82) is 0 Å². The van der Waals surface area contributed by atoms with Crippen LogP contribution in [0.3, 0.4) is 0 Å². The summed E-state index contributed by atoms with van der Waals surface area (Å²) in [5.41, 5.74) is 5.05. The van der Waals surface area contributed by atoms with Crippen LogP contribution in [-0.2, 0) is 4.79 Å². The van der Waals surface area contributed by atoms with Gasteiger partial charge in [-0.15, -0.1) is 0 Å². The smallest absolute Gasteiger partial charge is 0.248 e. The van der Waals surface area contributed by atoms with Gasteiger partial charge in [0, 0.05) is 11.8 Å². The maximum atomic E-state index is 12.3. The molecule has 28 heavy (non-hydrogen) atoms. The molecule has 0 spiro atoms. The van der Waals surface area contributed by atoms with Gasteiger partial charge in [0.25, 0.3) is 0 Å². The molecule has 1 amide bonds. The van der Waals surface area contributed by atoms with Crippen LogP contribution in [0.2, 0.25) is 0 Å². The molecule has 150 valence electrons. The summed E-state index contributed by atoms with van der Waals surface area (Å²) in [6.45, 7) is 11.0. The lowest BCUT2D eigenvalue weighted by molar-refractivity contribution is -0.111. The number of ether oxygens (including phenoxy) is 2. The average molecular weight is 382 g/mol. The largest absolute Gasteiger partial charge is 0.493 e. The Balaban J connectivity index is 2.06. The van der Waals surface area contributed by atoms with Crippen molar-refractivity contribution in [2.75, 3.05) is 19.0 Å². The van der Waals surface area contributed by atoms with E-state index in [1.54, 1.807) is 13.2 Å². The number of carbonyl (C=O) groups is 1. The first-order valence-corrected chi connectivity index (χ1v) is 9.68. The third kappa shape index (κ3) is 6.15. The molecule has 2 rings (SSSR count). The van der Waals surface area contributed by atoms with Crippen molar-refractivity contribution in [3.05, 3.63) is 58.7 Å². The maximum absolute atomic E-state index is 12.3. The molecule has 0 aromatic heterocycles. The summed E-state index contributed by atoms with van der Waals surface area (Å²) in [6.07, 6.45) is 4.30. The Kier molecular flexibility index (Phi) is 7.68. The first-order valence-electron chi connectivity index (χ1n) is 9.68. The van der Waals surface area contributed by atoms with Gasteiger partial charge in [-0.3, -0.25) is 4.79 Å². The normalized spacial score (nSPS) is 11.1. The lowest BCUT2D eigenvalue weighted by atomic mass is 10.1. The lowest BCUT2D eigenvalue weighted by Gasteiger charge is -2.12. The van der Waals surface area contributed by atoms with Crippen LogP contribution in [0.5, 0.6) is 11.5 Å². The summed E-state index contributed by atoms with van der Waals surface area (Å²) in [5, 5.41) is 2.97. The first-order chi connectivity index (χ1) is 13.3. The second-order valence-corrected chi connectivity index (χ2v) is 7.54. The van der Waals surface area contributed by atoms with Crippen molar-refractivity contribution in [1.82, 2.24) is 0 Å². The van der Waals surface area contributed by atoms with Crippen LogP contribution in [-0.4, -0.2) is 19.6 Å². The highest BCUT2D eigenvalue weighted by molar-refractivity contribution is 6.02. The predicted molar refractivity (Wildman–Crippen MR) is 116 cm³/mol. The minimum Gasteiger partial charge on any atom is -0.493 e. The van der Waals surface area contributed by atoms with Gasteiger partial charge in [-0.25, -0.2) is 0 Å². The molecule has 4 heteroatoms. The number of nitrogens with one attached hydrogen (secondary N) is 1. The summed E-state index contributed by atoms with van der Waals surface area (Å²) < 4.78 is 11.2. The fourth-order valence-corrected chi connectivity index (χ4v) is 3.03. The Morgan fingerprint density at radius 2 is 1.75 bits per heavy atom. The second kappa shape index (κ2) is 9.98. The zero-order valence-electron chi connectivity index (χ0n) is 17.8. The van der Waals surface area contributed by atoms with Crippen LogP contribution in [0.15, 0.2) is 36.4 Å². The molecular formula is C24H31NO3. The van der Waals surface area contributed by atoms with Crippen LogP contribution in [0.25, 0.3) is 6.08 Å². The number of hydrogen-bond donors (Lipinski definition) is 1. The maximum Gasteiger partial charge on any atom is 0.248 e. The van der Waals surface area contributed by atoms with E-state index in [1.165, 1.54) is 11.6 Å².